The molecular weight excluding hydrogens is 1080 g/mol. The number of hydrogen-bond acceptors (Lipinski definition) is 14. The van der Waals surface area contributed by atoms with Crippen molar-refractivity contribution in [1.29, 1.82) is 0 Å². The second-order valence-corrected chi connectivity index (χ2v) is 22.7. The van der Waals surface area contributed by atoms with Gasteiger partial charge < -0.3 is 49.4 Å². The van der Waals surface area contributed by atoms with Crippen molar-refractivity contribution in [3.05, 3.63) is 132 Å². The predicted molar refractivity (Wildman–Crippen MR) is 325 cm³/mol. The highest BCUT2D eigenvalue weighted by Crippen LogP contribution is 2.43. The highest BCUT2D eigenvalue weighted by atomic mass is 16.5. The molecule has 0 saturated heterocycles. The summed E-state index contributed by atoms with van der Waals surface area (Å²) in [6.45, 7) is 20.2. The summed E-state index contributed by atoms with van der Waals surface area (Å²) in [6.07, 6.45) is 11.7. The van der Waals surface area contributed by atoms with Gasteiger partial charge in [-0.1, -0.05) is 51.6 Å². The molecule has 4 unspecified atom stereocenters. The minimum Gasteiger partial charge on any atom is -0.497 e. The number of carbonyl (C=O) groups is 7. The largest absolute Gasteiger partial charge is 0.497 e. The molecule has 20 heteroatoms. The first-order valence-corrected chi connectivity index (χ1v) is 28.1. The Bertz CT molecular complexity index is 3450. The number of imide groups is 1. The topological polar surface area (TPSA) is 236 Å². The van der Waals surface area contributed by atoms with E-state index in [1.807, 2.05) is 68.9 Å². The number of aliphatic imine (C=N–C) groups is 2. The lowest BCUT2D eigenvalue weighted by Crippen LogP contribution is -2.63. The van der Waals surface area contributed by atoms with E-state index in [9.17, 15) is 33.6 Å². The number of carbonyl (C=O) groups excluding carboxylic acids is 7. The molecular formula is C65H74N8O12. The van der Waals surface area contributed by atoms with Gasteiger partial charge in [-0.25, -0.2) is 0 Å². The van der Waals surface area contributed by atoms with E-state index in [1.165, 1.54) is 7.11 Å². The van der Waals surface area contributed by atoms with E-state index in [-0.39, 0.29) is 29.8 Å². The summed E-state index contributed by atoms with van der Waals surface area (Å²) in [4.78, 5) is 106. The second-order valence-electron chi connectivity index (χ2n) is 22.7. The third-order valence-corrected chi connectivity index (χ3v) is 15.8. The molecule has 0 aromatic heterocycles. The van der Waals surface area contributed by atoms with Gasteiger partial charge in [0.15, 0.2) is 23.0 Å². The van der Waals surface area contributed by atoms with E-state index in [4.69, 9.17) is 23.7 Å². The Morgan fingerprint density at radius 3 is 1.62 bits per heavy atom. The molecule has 4 aromatic carbocycles. The summed E-state index contributed by atoms with van der Waals surface area (Å²) in [5.41, 5.74) is 4.81. The maximum atomic E-state index is 13.7. The first-order chi connectivity index (χ1) is 40.4. The van der Waals surface area contributed by atoms with Gasteiger partial charge in [-0.15, -0.1) is 0 Å². The van der Waals surface area contributed by atoms with Crippen LogP contribution in [0.5, 0.6) is 28.7 Å². The van der Waals surface area contributed by atoms with Crippen LogP contribution in [0.15, 0.2) is 119 Å². The Labute approximate surface area is 495 Å². The number of methoxy groups -OCH3 is 3. The molecule has 0 radical (unpaired) electrons. The summed E-state index contributed by atoms with van der Waals surface area (Å²) in [5.74, 6) is -0.423. The number of hydrogen-bond donors (Lipinski definition) is 3. The molecule has 0 fully saturated rings. The lowest BCUT2D eigenvalue weighted by molar-refractivity contribution is -0.153. The molecule has 5 aliphatic heterocycles. The molecule has 0 aliphatic carbocycles. The smallest absolute Gasteiger partial charge is 0.260 e. The lowest BCUT2D eigenvalue weighted by Gasteiger charge is -2.45. The van der Waals surface area contributed by atoms with E-state index < -0.39 is 52.6 Å². The van der Waals surface area contributed by atoms with Crippen molar-refractivity contribution in [2.75, 3.05) is 39.9 Å². The highest BCUT2D eigenvalue weighted by Gasteiger charge is 2.52. The van der Waals surface area contributed by atoms with E-state index in [0.717, 1.165) is 57.1 Å². The summed E-state index contributed by atoms with van der Waals surface area (Å²) in [6, 6.07) is 19.5. The Morgan fingerprint density at radius 2 is 1.16 bits per heavy atom. The number of amides is 7. The van der Waals surface area contributed by atoms with Crippen LogP contribution in [0.4, 0.5) is 17.1 Å². The molecule has 0 bridgehead atoms. The number of nitrogens with zero attached hydrogens (tertiary/aromatic N) is 5. The van der Waals surface area contributed by atoms with Crippen LogP contribution in [0.25, 0.3) is 11.1 Å². The van der Waals surface area contributed by atoms with Crippen molar-refractivity contribution in [2.45, 2.75) is 111 Å². The molecule has 0 spiro atoms. The molecule has 7 amide bonds. The first kappa shape index (κ1) is 61.7. The average molecular weight is 1160 g/mol. The summed E-state index contributed by atoms with van der Waals surface area (Å²) >= 11 is 0. The van der Waals surface area contributed by atoms with Crippen molar-refractivity contribution in [3.8, 4) is 28.7 Å². The van der Waals surface area contributed by atoms with Crippen LogP contribution in [-0.2, 0) is 24.0 Å². The Hall–Kier alpha value is -9.33. The molecule has 85 heavy (non-hydrogen) atoms. The van der Waals surface area contributed by atoms with Gasteiger partial charge in [0.05, 0.1) is 73.5 Å². The summed E-state index contributed by atoms with van der Waals surface area (Å²) in [7, 11) is 4.73. The van der Waals surface area contributed by atoms with Gasteiger partial charge in [0.1, 0.15) is 24.4 Å². The molecule has 5 aliphatic rings. The van der Waals surface area contributed by atoms with Crippen LogP contribution in [0.2, 0.25) is 0 Å². The summed E-state index contributed by atoms with van der Waals surface area (Å²) in [5, 5.41) is 8.30. The Balaban J connectivity index is 0.000000262. The highest BCUT2D eigenvalue weighted by molar-refractivity contribution is 6.14. The number of nitrogens with one attached hydrogen (secondary N) is 3. The van der Waals surface area contributed by atoms with Crippen molar-refractivity contribution >= 4 is 82.0 Å². The minimum absolute atomic E-state index is 0.110. The number of ether oxygens (including phenoxy) is 5. The van der Waals surface area contributed by atoms with Crippen molar-refractivity contribution in [2.24, 2.45) is 21.3 Å². The molecule has 4 aromatic rings. The maximum Gasteiger partial charge on any atom is 0.260 e. The van der Waals surface area contributed by atoms with Crippen LogP contribution in [0.1, 0.15) is 113 Å². The second kappa shape index (κ2) is 25.7. The zero-order chi connectivity index (χ0) is 61.7. The fourth-order valence-electron chi connectivity index (χ4n) is 10.1. The normalized spacial score (nSPS) is 17.4. The van der Waals surface area contributed by atoms with Crippen LogP contribution >= 0.6 is 0 Å². The van der Waals surface area contributed by atoms with E-state index in [0.29, 0.717) is 77.2 Å². The molecule has 446 valence electrons. The van der Waals surface area contributed by atoms with Crippen LogP contribution in [0, 0.1) is 11.3 Å². The minimum atomic E-state index is -1.28. The lowest BCUT2D eigenvalue weighted by atomic mass is 9.72. The quantitative estimate of drug-likeness (QED) is 0.0554. The SMILES string of the molecule is C=C(C)COc1cc2c(cc1OC)C(=O)N1C=C(c3ccc(OC)cc3)CC1C=N2.CCCOc1cc2c(cc1OC)C(=O)N1C=C(c3ccc(NC(=O)C(C)NC(=O)C(NC(=O)C(C)(C)C(C)(C)N4C(=O)C=CC4=O)C(C)C)cc3)CC1C=N2. The van der Waals surface area contributed by atoms with Gasteiger partial charge in [0.2, 0.25) is 17.7 Å². The Morgan fingerprint density at radius 1 is 0.671 bits per heavy atom. The van der Waals surface area contributed by atoms with Crippen molar-refractivity contribution in [3.63, 3.8) is 0 Å². The van der Waals surface area contributed by atoms with Gasteiger partial charge in [-0.2, -0.15) is 0 Å². The fourth-order valence-corrected chi connectivity index (χ4v) is 10.1. The number of benzene rings is 4. The van der Waals surface area contributed by atoms with Crippen LogP contribution < -0.4 is 39.6 Å². The van der Waals surface area contributed by atoms with Crippen LogP contribution in [-0.4, -0.2) is 133 Å². The van der Waals surface area contributed by atoms with Crippen molar-refractivity contribution < 1.29 is 57.2 Å². The van der Waals surface area contributed by atoms with Crippen LogP contribution in [0.3, 0.4) is 0 Å². The molecule has 3 N–H and O–H groups in total. The number of fused-ring (bicyclic) bond motifs is 4. The van der Waals surface area contributed by atoms with Gasteiger partial charge >= 0.3 is 0 Å². The standard InChI is InChI=1S/C41H50N6O8.C24H24N2O4/c1-10-17-55-32-20-30-29(19-31(32)54-9)38(52)46-22-26(18-28(46)21-42-30)25-11-13-27(14-12-25)44-36(50)24(4)43-37(51)35(23(2)3)45-39(53)40(5,6)41(7,8)47-33(48)15-16-34(47)49;1-15(2)14-30-23-11-21-20(10-22(23)29-4)24(27)26-13-17(9-18(26)12-25-21)16-5-7-19(28-3)8-6-16/h11-16,19-24,28,35H,10,17-18H2,1-9H3,(H,43,51)(H,44,50)(H,45,53);5-8,10-13,18H,1,9,14H2,2-4H3. The van der Waals surface area contributed by atoms with Gasteiger partial charge in [0, 0.05) is 67.6 Å². The molecule has 5 heterocycles. The third kappa shape index (κ3) is 13.1. The zero-order valence-corrected chi connectivity index (χ0v) is 50.2. The third-order valence-electron chi connectivity index (χ3n) is 15.8. The predicted octanol–water partition coefficient (Wildman–Crippen LogP) is 9.40. The number of anilines is 1. The Kier molecular flexibility index (Phi) is 18.6. The fraction of sp³-hybridized carbons (Fsp3) is 0.369. The maximum absolute atomic E-state index is 13.7. The van der Waals surface area contributed by atoms with E-state index in [1.54, 1.807) is 115 Å². The van der Waals surface area contributed by atoms with E-state index in [2.05, 4.69) is 32.5 Å². The zero-order valence-electron chi connectivity index (χ0n) is 50.2. The van der Waals surface area contributed by atoms with E-state index >= 15 is 0 Å². The molecule has 9 rings (SSSR count). The molecule has 0 saturated carbocycles. The molecule has 20 nitrogen and oxygen atoms in total. The molecule has 4 atom stereocenters. The average Bonchev–Trinajstić information content (AvgIpc) is 2.54. The van der Waals surface area contributed by atoms with Gasteiger partial charge in [0.25, 0.3) is 23.6 Å². The van der Waals surface area contributed by atoms with Crippen molar-refractivity contribution in [1.82, 2.24) is 25.3 Å². The first-order valence-electron chi connectivity index (χ1n) is 28.1. The van der Waals surface area contributed by atoms with Gasteiger partial charge in [-0.3, -0.25) is 48.4 Å². The monoisotopic (exact) mass is 1160 g/mol. The number of rotatable bonds is 20. The summed E-state index contributed by atoms with van der Waals surface area (Å²) < 4.78 is 27.8. The van der Waals surface area contributed by atoms with Gasteiger partial charge in [-0.05, 0) is 118 Å².